The van der Waals surface area contributed by atoms with Gasteiger partial charge in [-0.1, -0.05) is 0 Å². The number of carbonyl (C=O) groups excluding carboxylic acids is 1. The van der Waals surface area contributed by atoms with Gasteiger partial charge in [0.25, 0.3) is 5.56 Å². The predicted molar refractivity (Wildman–Crippen MR) is 83.5 cm³/mol. The molecule has 0 aromatic carbocycles. The van der Waals surface area contributed by atoms with Gasteiger partial charge in [0.1, 0.15) is 5.82 Å². The highest BCUT2D eigenvalue weighted by molar-refractivity contribution is 5.80. The molecule has 6 heteroatoms. The zero-order chi connectivity index (χ0) is 15.7. The van der Waals surface area contributed by atoms with E-state index in [4.69, 9.17) is 0 Å². The third-order valence-corrected chi connectivity index (χ3v) is 4.98. The first-order valence-corrected chi connectivity index (χ1v) is 8.11. The molecule has 2 saturated heterocycles. The number of rotatable bonds is 2. The molecular weight excluding hydrogens is 280 g/mol. The summed E-state index contributed by atoms with van der Waals surface area (Å²) in [4.78, 5) is 34.0. The number of aryl methyl sites for hydroxylation is 1. The maximum absolute atomic E-state index is 12.9. The SMILES string of the molecule is Cc1cc(=O)[nH]c(C2(C)CCCN2C(=O)C2CCNCC2)n1. The Morgan fingerprint density at radius 2 is 2.14 bits per heavy atom. The van der Waals surface area contributed by atoms with Gasteiger partial charge in [0.05, 0.1) is 5.54 Å². The van der Waals surface area contributed by atoms with Gasteiger partial charge in [0, 0.05) is 24.2 Å². The van der Waals surface area contributed by atoms with Crippen molar-refractivity contribution in [2.24, 2.45) is 5.92 Å². The molecule has 1 unspecified atom stereocenters. The van der Waals surface area contributed by atoms with E-state index < -0.39 is 5.54 Å². The molecule has 1 aromatic rings. The van der Waals surface area contributed by atoms with Crippen LogP contribution in [0.1, 0.15) is 44.1 Å². The molecule has 2 aliphatic rings. The zero-order valence-electron chi connectivity index (χ0n) is 13.3. The Morgan fingerprint density at radius 1 is 1.41 bits per heavy atom. The summed E-state index contributed by atoms with van der Waals surface area (Å²) in [6.45, 7) is 6.39. The molecule has 1 atom stereocenters. The third-order valence-electron chi connectivity index (χ3n) is 4.98. The lowest BCUT2D eigenvalue weighted by molar-refractivity contribution is -0.140. The van der Waals surface area contributed by atoms with Gasteiger partial charge < -0.3 is 15.2 Å². The number of aromatic amines is 1. The maximum atomic E-state index is 12.9. The number of carbonyl (C=O) groups is 1. The summed E-state index contributed by atoms with van der Waals surface area (Å²) in [6.07, 6.45) is 3.58. The molecule has 2 fully saturated rings. The van der Waals surface area contributed by atoms with Crippen LogP contribution in [0.25, 0.3) is 0 Å². The molecule has 0 spiro atoms. The molecule has 3 heterocycles. The van der Waals surface area contributed by atoms with Crippen LogP contribution in [0.15, 0.2) is 10.9 Å². The van der Waals surface area contributed by atoms with Crippen LogP contribution >= 0.6 is 0 Å². The largest absolute Gasteiger partial charge is 0.330 e. The summed E-state index contributed by atoms with van der Waals surface area (Å²) in [5.74, 6) is 0.929. The molecule has 2 N–H and O–H groups in total. The molecule has 22 heavy (non-hydrogen) atoms. The van der Waals surface area contributed by atoms with Crippen molar-refractivity contribution in [3.8, 4) is 0 Å². The maximum Gasteiger partial charge on any atom is 0.251 e. The highest BCUT2D eigenvalue weighted by Gasteiger charge is 2.44. The second kappa shape index (κ2) is 5.83. The van der Waals surface area contributed by atoms with Gasteiger partial charge in [-0.25, -0.2) is 4.98 Å². The molecule has 0 aliphatic carbocycles. The van der Waals surface area contributed by atoms with E-state index in [1.807, 2.05) is 18.7 Å². The van der Waals surface area contributed by atoms with Gasteiger partial charge in [-0.05, 0) is 52.6 Å². The van der Waals surface area contributed by atoms with Gasteiger partial charge in [-0.3, -0.25) is 9.59 Å². The number of likely N-dealkylation sites (tertiary alicyclic amines) is 1. The van der Waals surface area contributed by atoms with Crippen molar-refractivity contribution in [2.45, 2.75) is 45.1 Å². The molecule has 0 radical (unpaired) electrons. The molecule has 1 aromatic heterocycles. The quantitative estimate of drug-likeness (QED) is 0.851. The number of amides is 1. The molecule has 120 valence electrons. The fourth-order valence-corrected chi connectivity index (χ4v) is 3.69. The minimum Gasteiger partial charge on any atom is -0.330 e. The van der Waals surface area contributed by atoms with E-state index in [9.17, 15) is 9.59 Å². The molecule has 3 rings (SSSR count). The van der Waals surface area contributed by atoms with Crippen molar-refractivity contribution in [1.29, 1.82) is 0 Å². The Labute approximate surface area is 130 Å². The summed E-state index contributed by atoms with van der Waals surface area (Å²) in [5.41, 5.74) is 0.0543. The van der Waals surface area contributed by atoms with Crippen molar-refractivity contribution in [3.05, 3.63) is 27.9 Å². The van der Waals surface area contributed by atoms with E-state index in [1.54, 1.807) is 0 Å². The summed E-state index contributed by atoms with van der Waals surface area (Å²) in [5, 5.41) is 3.30. The number of aromatic nitrogens is 2. The molecule has 1 amide bonds. The van der Waals surface area contributed by atoms with Crippen LogP contribution in [0.2, 0.25) is 0 Å². The van der Waals surface area contributed by atoms with Crippen molar-refractivity contribution in [2.75, 3.05) is 19.6 Å². The van der Waals surface area contributed by atoms with Crippen molar-refractivity contribution in [1.82, 2.24) is 20.2 Å². The lowest BCUT2D eigenvalue weighted by Gasteiger charge is -2.37. The summed E-state index contributed by atoms with van der Waals surface area (Å²) in [6, 6.07) is 1.49. The predicted octanol–water partition coefficient (Wildman–Crippen LogP) is 0.916. The monoisotopic (exact) mass is 304 g/mol. The normalized spacial score (nSPS) is 26.4. The smallest absolute Gasteiger partial charge is 0.251 e. The van der Waals surface area contributed by atoms with E-state index in [1.165, 1.54) is 6.07 Å². The minimum absolute atomic E-state index is 0.0928. The Balaban J connectivity index is 1.90. The Morgan fingerprint density at radius 3 is 2.82 bits per heavy atom. The Kier molecular flexibility index (Phi) is 4.04. The van der Waals surface area contributed by atoms with Crippen LogP contribution < -0.4 is 10.9 Å². The summed E-state index contributed by atoms with van der Waals surface area (Å²) < 4.78 is 0. The molecule has 6 nitrogen and oxygen atoms in total. The van der Waals surface area contributed by atoms with Crippen LogP contribution in [0.5, 0.6) is 0 Å². The number of nitrogens with zero attached hydrogens (tertiary/aromatic N) is 2. The first-order valence-electron chi connectivity index (χ1n) is 8.11. The van der Waals surface area contributed by atoms with Crippen LogP contribution in [-0.4, -0.2) is 40.4 Å². The van der Waals surface area contributed by atoms with Crippen molar-refractivity contribution >= 4 is 5.91 Å². The summed E-state index contributed by atoms with van der Waals surface area (Å²) >= 11 is 0. The van der Waals surface area contributed by atoms with Crippen LogP contribution in [0.3, 0.4) is 0 Å². The number of nitrogens with one attached hydrogen (secondary N) is 2. The second-order valence-corrected chi connectivity index (χ2v) is 6.63. The first kappa shape index (κ1) is 15.2. The average molecular weight is 304 g/mol. The van der Waals surface area contributed by atoms with Crippen molar-refractivity contribution in [3.63, 3.8) is 0 Å². The lowest BCUT2D eigenvalue weighted by atomic mass is 9.92. The van der Waals surface area contributed by atoms with Gasteiger partial charge in [-0.15, -0.1) is 0 Å². The molecule has 0 bridgehead atoms. The van der Waals surface area contributed by atoms with E-state index in [0.717, 1.165) is 45.3 Å². The highest BCUT2D eigenvalue weighted by Crippen LogP contribution is 2.38. The first-order chi connectivity index (χ1) is 10.5. The van der Waals surface area contributed by atoms with E-state index >= 15 is 0 Å². The van der Waals surface area contributed by atoms with E-state index in [-0.39, 0.29) is 17.4 Å². The molecule has 2 aliphatic heterocycles. The average Bonchev–Trinajstić information content (AvgIpc) is 2.90. The van der Waals surface area contributed by atoms with Crippen LogP contribution in [0.4, 0.5) is 0 Å². The highest BCUT2D eigenvalue weighted by atomic mass is 16.2. The Bertz CT molecular complexity index is 621. The second-order valence-electron chi connectivity index (χ2n) is 6.63. The van der Waals surface area contributed by atoms with Gasteiger partial charge in [-0.2, -0.15) is 0 Å². The third kappa shape index (κ3) is 2.67. The fourth-order valence-electron chi connectivity index (χ4n) is 3.69. The Hall–Kier alpha value is -1.69. The standard InChI is InChI=1S/C16H24N4O2/c1-11-10-13(21)19-15(18-11)16(2)6-3-9-20(16)14(22)12-4-7-17-8-5-12/h10,12,17H,3-9H2,1-2H3,(H,18,19,21). The van der Waals surface area contributed by atoms with Gasteiger partial charge >= 0.3 is 0 Å². The molecular formula is C16H24N4O2. The van der Waals surface area contributed by atoms with Gasteiger partial charge in [0.2, 0.25) is 5.91 Å². The van der Waals surface area contributed by atoms with E-state index in [2.05, 4.69) is 15.3 Å². The number of piperidine rings is 1. The number of H-pyrrole nitrogens is 1. The number of hydrogen-bond acceptors (Lipinski definition) is 4. The molecule has 0 saturated carbocycles. The van der Waals surface area contributed by atoms with Crippen molar-refractivity contribution < 1.29 is 4.79 Å². The van der Waals surface area contributed by atoms with E-state index in [0.29, 0.717) is 11.5 Å². The van der Waals surface area contributed by atoms with Crippen LogP contribution in [0, 0.1) is 12.8 Å². The van der Waals surface area contributed by atoms with Gasteiger partial charge in [0.15, 0.2) is 0 Å². The van der Waals surface area contributed by atoms with Crippen LogP contribution in [-0.2, 0) is 10.3 Å². The minimum atomic E-state index is -0.493. The lowest BCUT2D eigenvalue weighted by Crippen LogP contribution is -2.49. The number of hydrogen-bond donors (Lipinski definition) is 2. The zero-order valence-corrected chi connectivity index (χ0v) is 13.3. The fraction of sp³-hybridized carbons (Fsp3) is 0.688. The summed E-state index contributed by atoms with van der Waals surface area (Å²) in [7, 11) is 0. The topological polar surface area (TPSA) is 78.1 Å².